The molecule has 0 aliphatic carbocycles. The summed E-state index contributed by atoms with van der Waals surface area (Å²) >= 11 is 0. The lowest BCUT2D eigenvalue weighted by Gasteiger charge is -2.04. The second-order valence-corrected chi connectivity index (χ2v) is 11.9. The Kier molecular flexibility index (Phi) is 5.15. The Balaban J connectivity index is 2.08. The smallest absolute Gasteiger partial charge is 0.0647 e. The van der Waals surface area contributed by atoms with Crippen molar-refractivity contribution in [2.75, 3.05) is 0 Å². The van der Waals surface area contributed by atoms with Crippen molar-refractivity contribution in [1.29, 1.82) is 0 Å². The first-order chi connectivity index (χ1) is 9.56. The van der Waals surface area contributed by atoms with Gasteiger partial charge in [0, 0.05) is 0 Å². The van der Waals surface area contributed by atoms with Gasteiger partial charge in [0.25, 0.3) is 0 Å². The molecule has 0 atom stereocenters. The van der Waals surface area contributed by atoms with Gasteiger partial charge in [-0.3, -0.25) is 0 Å². The van der Waals surface area contributed by atoms with Gasteiger partial charge < -0.3 is 0 Å². The van der Waals surface area contributed by atoms with E-state index >= 15 is 0 Å². The third-order valence-electron chi connectivity index (χ3n) is 3.67. The summed E-state index contributed by atoms with van der Waals surface area (Å²) in [4.78, 5) is 0. The van der Waals surface area contributed by atoms with Crippen LogP contribution in [0, 0.1) is 0 Å². The van der Waals surface area contributed by atoms with Gasteiger partial charge in [-0.25, -0.2) is 0 Å². The monoisotopic (exact) mass is 296 g/mol. The topological polar surface area (TPSA) is 0 Å². The predicted octanol–water partition coefficient (Wildman–Crippen LogP) is 3.24. The van der Waals surface area contributed by atoms with Gasteiger partial charge in [-0.2, -0.15) is 0 Å². The zero-order valence-electron chi connectivity index (χ0n) is 12.9. The summed E-state index contributed by atoms with van der Waals surface area (Å²) in [5.74, 6) is 0. The van der Waals surface area contributed by atoms with E-state index in [0.29, 0.717) is 0 Å². The average Bonchev–Trinajstić information content (AvgIpc) is 2.46. The molecule has 2 rings (SSSR count). The summed E-state index contributed by atoms with van der Waals surface area (Å²) in [5, 5.41) is 3.07. The lowest BCUT2D eigenvalue weighted by molar-refractivity contribution is 1.67. The fourth-order valence-electron chi connectivity index (χ4n) is 2.18. The van der Waals surface area contributed by atoms with Crippen LogP contribution in [0.15, 0.2) is 48.5 Å². The van der Waals surface area contributed by atoms with E-state index in [0.717, 1.165) is 0 Å². The Morgan fingerprint density at radius 3 is 1.10 bits per heavy atom. The van der Waals surface area contributed by atoms with Crippen molar-refractivity contribution < 1.29 is 0 Å². The molecule has 0 saturated heterocycles. The Morgan fingerprint density at radius 1 is 0.550 bits per heavy atom. The van der Waals surface area contributed by atoms with Gasteiger partial charge in [-0.15, -0.1) is 0 Å². The van der Waals surface area contributed by atoms with Gasteiger partial charge in [0.2, 0.25) is 0 Å². The van der Waals surface area contributed by atoms with Crippen molar-refractivity contribution in [3.63, 3.8) is 0 Å². The maximum Gasteiger partial charge on any atom is 0.0647 e. The van der Waals surface area contributed by atoms with Crippen molar-refractivity contribution in [1.82, 2.24) is 0 Å². The largest absolute Gasteiger partial charge is 0.0682 e. The van der Waals surface area contributed by atoms with Crippen LogP contribution in [0.2, 0.25) is 26.2 Å². The van der Waals surface area contributed by atoms with E-state index < -0.39 is 17.6 Å². The second kappa shape index (κ2) is 6.86. The molecule has 0 N–H and O–H groups in total. The molecule has 20 heavy (non-hydrogen) atoms. The van der Waals surface area contributed by atoms with Gasteiger partial charge in [-0.05, 0) is 11.1 Å². The fourth-order valence-corrected chi connectivity index (χ4v) is 4.10. The molecule has 0 aliphatic heterocycles. The van der Waals surface area contributed by atoms with Crippen molar-refractivity contribution in [2.24, 2.45) is 0 Å². The van der Waals surface area contributed by atoms with Gasteiger partial charge in [-0.1, -0.05) is 97.2 Å². The van der Waals surface area contributed by atoms with Crippen LogP contribution in [0.3, 0.4) is 0 Å². The van der Waals surface area contributed by atoms with E-state index in [1.807, 2.05) is 0 Å². The van der Waals surface area contributed by atoms with Crippen LogP contribution in [-0.2, 0) is 0 Å². The molecule has 104 valence electrons. The maximum atomic E-state index is 2.37. The van der Waals surface area contributed by atoms with Crippen LogP contribution in [-0.4, -0.2) is 17.6 Å². The van der Waals surface area contributed by atoms with Crippen LogP contribution in [0.5, 0.6) is 0 Å². The Hall–Kier alpha value is -1.39. The summed E-state index contributed by atoms with van der Waals surface area (Å²) in [6.45, 7) is 9.46. The standard InChI is InChI=1S/C18H24Si2/c1-19(2)17-11-7-15(8-12-17)5-6-16-9-13-18(14-10-16)20(3)4/h5-14,19-20H,1-4H3. The maximum absolute atomic E-state index is 2.37. The van der Waals surface area contributed by atoms with E-state index in [-0.39, 0.29) is 0 Å². The molecular formula is C18H24Si2. The quantitative estimate of drug-likeness (QED) is 0.600. The molecule has 0 unspecified atom stereocenters. The number of benzene rings is 2. The molecule has 0 aliphatic rings. The molecule has 2 aromatic carbocycles. The van der Waals surface area contributed by atoms with Crippen molar-refractivity contribution in [3.8, 4) is 0 Å². The average molecular weight is 297 g/mol. The number of rotatable bonds is 4. The van der Waals surface area contributed by atoms with Gasteiger partial charge >= 0.3 is 0 Å². The molecular weight excluding hydrogens is 272 g/mol. The molecule has 2 aromatic rings. The summed E-state index contributed by atoms with van der Waals surface area (Å²) in [6, 6.07) is 18.0. The predicted molar refractivity (Wildman–Crippen MR) is 98.8 cm³/mol. The lowest BCUT2D eigenvalue weighted by atomic mass is 10.1. The summed E-state index contributed by atoms with van der Waals surface area (Å²) in [7, 11) is -1.33. The van der Waals surface area contributed by atoms with Crippen LogP contribution in [0.25, 0.3) is 12.2 Å². The minimum atomic E-state index is -0.665. The van der Waals surface area contributed by atoms with Crippen LogP contribution >= 0.6 is 0 Å². The third kappa shape index (κ3) is 4.05. The molecule has 0 fully saturated rings. The van der Waals surface area contributed by atoms with E-state index in [1.54, 1.807) is 0 Å². The number of hydrogen-bond acceptors (Lipinski definition) is 0. The summed E-state index contributed by atoms with van der Waals surface area (Å²) < 4.78 is 0. The minimum Gasteiger partial charge on any atom is -0.0682 e. The highest BCUT2D eigenvalue weighted by atomic mass is 28.3. The Bertz CT molecular complexity index is 510. The molecule has 0 amide bonds. The first kappa shape index (κ1) is 15.0. The highest BCUT2D eigenvalue weighted by Gasteiger charge is 2.00. The first-order valence-corrected chi connectivity index (χ1v) is 13.2. The molecule has 0 saturated carbocycles. The van der Waals surface area contributed by atoms with Crippen LogP contribution in [0.1, 0.15) is 11.1 Å². The third-order valence-corrected chi connectivity index (χ3v) is 7.11. The Labute approximate surface area is 126 Å². The highest BCUT2D eigenvalue weighted by molar-refractivity contribution is 6.71. The van der Waals surface area contributed by atoms with E-state index in [1.165, 1.54) is 21.5 Å². The SMILES string of the molecule is C[SiH](C)c1ccc(C=Cc2ccc([SiH](C)C)cc2)cc1. The molecule has 0 bridgehead atoms. The Morgan fingerprint density at radius 2 is 0.850 bits per heavy atom. The second-order valence-electron chi connectivity index (χ2n) is 5.98. The minimum absolute atomic E-state index is 0.665. The normalized spacial score (nSPS) is 11.7. The molecule has 0 nitrogen and oxygen atoms in total. The van der Waals surface area contributed by atoms with E-state index in [9.17, 15) is 0 Å². The first-order valence-electron chi connectivity index (χ1n) is 7.44. The number of hydrogen-bond donors (Lipinski definition) is 0. The molecule has 0 aromatic heterocycles. The van der Waals surface area contributed by atoms with Crippen LogP contribution in [0.4, 0.5) is 0 Å². The van der Waals surface area contributed by atoms with Gasteiger partial charge in [0.05, 0.1) is 17.6 Å². The van der Waals surface area contributed by atoms with E-state index in [2.05, 4.69) is 86.9 Å². The zero-order chi connectivity index (χ0) is 14.5. The fraction of sp³-hybridized carbons (Fsp3) is 0.222. The highest BCUT2D eigenvalue weighted by Crippen LogP contribution is 2.07. The molecule has 0 radical (unpaired) electrons. The van der Waals surface area contributed by atoms with Gasteiger partial charge in [0.1, 0.15) is 0 Å². The van der Waals surface area contributed by atoms with Crippen LogP contribution < -0.4 is 10.4 Å². The van der Waals surface area contributed by atoms with E-state index in [4.69, 9.17) is 0 Å². The molecule has 0 heterocycles. The molecule has 0 spiro atoms. The summed E-state index contributed by atoms with van der Waals surface area (Å²) in [5.41, 5.74) is 2.57. The zero-order valence-corrected chi connectivity index (χ0v) is 15.2. The van der Waals surface area contributed by atoms with Crippen molar-refractivity contribution in [3.05, 3.63) is 59.7 Å². The van der Waals surface area contributed by atoms with Gasteiger partial charge in [0.15, 0.2) is 0 Å². The lowest BCUT2D eigenvalue weighted by Crippen LogP contribution is -2.21. The van der Waals surface area contributed by atoms with Crippen molar-refractivity contribution >= 4 is 40.1 Å². The summed E-state index contributed by atoms with van der Waals surface area (Å²) in [6.07, 6.45) is 4.40. The molecule has 2 heteroatoms. The van der Waals surface area contributed by atoms with Crippen molar-refractivity contribution in [2.45, 2.75) is 26.2 Å².